The quantitative estimate of drug-likeness (QED) is 0.809. The lowest BCUT2D eigenvalue weighted by molar-refractivity contribution is 0.0390. The van der Waals surface area contributed by atoms with E-state index in [1.54, 1.807) is 11.8 Å². The predicted molar refractivity (Wildman–Crippen MR) is 112 cm³/mol. The molecule has 7 heteroatoms. The SMILES string of the molecule is Cc1cc2c(cc1S(=O)(=O)NCCN1CCOCC1)Sc1ccccc1CC2. The van der Waals surface area contributed by atoms with Crippen LogP contribution in [0.2, 0.25) is 0 Å². The number of sulfonamides is 1. The van der Waals surface area contributed by atoms with Crippen molar-refractivity contribution in [3.05, 3.63) is 53.1 Å². The molecule has 0 unspecified atom stereocenters. The van der Waals surface area contributed by atoms with E-state index < -0.39 is 10.0 Å². The first kappa shape index (κ1) is 19.9. The van der Waals surface area contributed by atoms with E-state index in [1.165, 1.54) is 16.0 Å². The molecule has 0 radical (unpaired) electrons. The van der Waals surface area contributed by atoms with Gasteiger partial charge in [-0.2, -0.15) is 0 Å². The molecule has 1 N–H and O–H groups in total. The summed E-state index contributed by atoms with van der Waals surface area (Å²) in [5.74, 6) is 0. The van der Waals surface area contributed by atoms with Crippen molar-refractivity contribution < 1.29 is 13.2 Å². The van der Waals surface area contributed by atoms with Gasteiger partial charge in [0.1, 0.15) is 0 Å². The van der Waals surface area contributed by atoms with Gasteiger partial charge in [-0.05, 0) is 48.6 Å². The third kappa shape index (κ3) is 4.44. The molecule has 4 rings (SSSR count). The first-order chi connectivity index (χ1) is 13.5. The molecule has 1 saturated heterocycles. The summed E-state index contributed by atoms with van der Waals surface area (Å²) in [6.07, 6.45) is 1.92. The molecule has 0 bridgehead atoms. The normalized spacial score (nSPS) is 17.6. The van der Waals surface area contributed by atoms with Crippen LogP contribution in [0.25, 0.3) is 0 Å². The lowest BCUT2D eigenvalue weighted by atomic mass is 10.0. The first-order valence-corrected chi connectivity index (χ1v) is 12.0. The Balaban J connectivity index is 1.52. The van der Waals surface area contributed by atoms with Crippen molar-refractivity contribution in [2.75, 3.05) is 39.4 Å². The first-order valence-electron chi connectivity index (χ1n) is 9.72. The van der Waals surface area contributed by atoms with Gasteiger partial charge in [0.15, 0.2) is 0 Å². The van der Waals surface area contributed by atoms with Crippen LogP contribution in [0.1, 0.15) is 16.7 Å². The maximum absolute atomic E-state index is 12.9. The summed E-state index contributed by atoms with van der Waals surface area (Å²) < 4.78 is 34.0. The minimum absolute atomic E-state index is 0.389. The van der Waals surface area contributed by atoms with Gasteiger partial charge in [0.2, 0.25) is 10.0 Å². The molecular weight excluding hydrogens is 392 g/mol. The molecular formula is C21H26N2O3S2. The van der Waals surface area contributed by atoms with Crippen LogP contribution in [0.5, 0.6) is 0 Å². The highest BCUT2D eigenvalue weighted by Gasteiger charge is 2.22. The molecule has 0 aromatic heterocycles. The Kier molecular flexibility index (Phi) is 6.08. The fourth-order valence-corrected chi connectivity index (χ4v) is 6.25. The summed E-state index contributed by atoms with van der Waals surface area (Å²) in [5, 5.41) is 0. The fourth-order valence-electron chi connectivity index (χ4n) is 3.75. The summed E-state index contributed by atoms with van der Waals surface area (Å²) in [5.41, 5.74) is 3.37. The van der Waals surface area contributed by atoms with Crippen LogP contribution < -0.4 is 4.72 Å². The number of nitrogens with zero attached hydrogens (tertiary/aromatic N) is 1. The highest BCUT2D eigenvalue weighted by molar-refractivity contribution is 7.99. The molecule has 0 amide bonds. The van der Waals surface area contributed by atoms with Gasteiger partial charge in [-0.1, -0.05) is 36.0 Å². The standard InChI is InChI=1S/C21H26N2O3S2/c1-16-14-18-7-6-17-4-2-3-5-19(17)27-20(18)15-21(16)28(24,25)22-8-9-23-10-12-26-13-11-23/h2-5,14-15,22H,6-13H2,1H3. The predicted octanol–water partition coefficient (Wildman–Crippen LogP) is 2.86. The maximum atomic E-state index is 12.9. The Labute approximate surface area is 171 Å². The minimum Gasteiger partial charge on any atom is -0.379 e. The molecule has 0 saturated carbocycles. The second-order valence-corrected chi connectivity index (χ2v) is 10.1. The van der Waals surface area contributed by atoms with Crippen molar-refractivity contribution >= 4 is 21.8 Å². The van der Waals surface area contributed by atoms with Crippen LogP contribution in [0.4, 0.5) is 0 Å². The van der Waals surface area contributed by atoms with Crippen molar-refractivity contribution in [3.63, 3.8) is 0 Å². The Hall–Kier alpha value is -1.38. The van der Waals surface area contributed by atoms with Crippen molar-refractivity contribution in [3.8, 4) is 0 Å². The van der Waals surface area contributed by atoms with E-state index in [4.69, 9.17) is 4.74 Å². The molecule has 0 atom stereocenters. The highest BCUT2D eigenvalue weighted by atomic mass is 32.2. The second-order valence-electron chi connectivity index (χ2n) is 7.29. The Bertz CT molecular complexity index is 954. The number of ether oxygens (including phenoxy) is 1. The molecule has 2 aliphatic rings. The lowest BCUT2D eigenvalue weighted by Gasteiger charge is -2.26. The average molecular weight is 419 g/mol. The molecule has 0 aliphatic carbocycles. The van der Waals surface area contributed by atoms with Gasteiger partial charge >= 0.3 is 0 Å². The smallest absolute Gasteiger partial charge is 0.240 e. The van der Waals surface area contributed by atoms with E-state index >= 15 is 0 Å². The third-order valence-corrected chi connectivity index (χ3v) is 8.15. The number of hydrogen-bond acceptors (Lipinski definition) is 5. The number of nitrogens with one attached hydrogen (secondary N) is 1. The highest BCUT2D eigenvalue weighted by Crippen LogP contribution is 2.39. The van der Waals surface area contributed by atoms with E-state index in [1.807, 2.05) is 25.1 Å². The molecule has 150 valence electrons. The van der Waals surface area contributed by atoms with E-state index in [0.717, 1.165) is 49.6 Å². The molecule has 2 heterocycles. The zero-order valence-electron chi connectivity index (χ0n) is 16.1. The average Bonchev–Trinajstić information content (AvgIpc) is 2.87. The zero-order chi connectivity index (χ0) is 19.6. The largest absolute Gasteiger partial charge is 0.379 e. The van der Waals surface area contributed by atoms with Gasteiger partial charge < -0.3 is 4.74 Å². The number of rotatable bonds is 5. The van der Waals surface area contributed by atoms with E-state index in [-0.39, 0.29) is 0 Å². The van der Waals surface area contributed by atoms with Gasteiger partial charge in [-0.3, -0.25) is 4.90 Å². The van der Waals surface area contributed by atoms with E-state index in [2.05, 4.69) is 27.8 Å². The zero-order valence-corrected chi connectivity index (χ0v) is 17.7. The van der Waals surface area contributed by atoms with Crippen molar-refractivity contribution in [1.29, 1.82) is 0 Å². The van der Waals surface area contributed by atoms with Gasteiger partial charge in [0.05, 0.1) is 18.1 Å². The van der Waals surface area contributed by atoms with Crippen LogP contribution >= 0.6 is 11.8 Å². The molecule has 2 aromatic carbocycles. The van der Waals surface area contributed by atoms with Gasteiger partial charge in [-0.25, -0.2) is 13.1 Å². The molecule has 28 heavy (non-hydrogen) atoms. The molecule has 5 nitrogen and oxygen atoms in total. The summed E-state index contributed by atoms with van der Waals surface area (Å²) >= 11 is 1.67. The monoisotopic (exact) mass is 418 g/mol. The van der Waals surface area contributed by atoms with Gasteiger partial charge in [-0.15, -0.1) is 0 Å². The van der Waals surface area contributed by atoms with Gasteiger partial charge in [0, 0.05) is 36.0 Å². The molecule has 0 spiro atoms. The minimum atomic E-state index is -3.54. The summed E-state index contributed by atoms with van der Waals surface area (Å²) in [6.45, 7) is 6.15. The fraction of sp³-hybridized carbons (Fsp3) is 0.429. The van der Waals surface area contributed by atoms with Crippen LogP contribution in [0, 0.1) is 6.92 Å². The van der Waals surface area contributed by atoms with Crippen molar-refractivity contribution in [2.24, 2.45) is 0 Å². The Morgan fingerprint density at radius 3 is 2.64 bits per heavy atom. The Morgan fingerprint density at radius 2 is 1.82 bits per heavy atom. The number of benzene rings is 2. The number of fused-ring (bicyclic) bond motifs is 2. The van der Waals surface area contributed by atoms with Crippen molar-refractivity contribution in [1.82, 2.24) is 9.62 Å². The summed E-state index contributed by atoms with van der Waals surface area (Å²) in [4.78, 5) is 4.88. The van der Waals surface area contributed by atoms with Gasteiger partial charge in [0.25, 0.3) is 0 Å². The second kappa shape index (κ2) is 8.55. The number of morpholine rings is 1. The van der Waals surface area contributed by atoms with Crippen LogP contribution in [0.3, 0.4) is 0 Å². The summed E-state index contributed by atoms with van der Waals surface area (Å²) in [7, 11) is -3.54. The van der Waals surface area contributed by atoms with Crippen molar-refractivity contribution in [2.45, 2.75) is 34.5 Å². The number of hydrogen-bond donors (Lipinski definition) is 1. The molecule has 2 aliphatic heterocycles. The molecule has 1 fully saturated rings. The van der Waals surface area contributed by atoms with Crippen LogP contribution in [-0.4, -0.2) is 52.7 Å². The van der Waals surface area contributed by atoms with E-state index in [9.17, 15) is 8.42 Å². The van der Waals surface area contributed by atoms with E-state index in [0.29, 0.717) is 18.0 Å². The summed E-state index contributed by atoms with van der Waals surface area (Å²) in [6, 6.07) is 12.3. The third-order valence-electron chi connectivity index (χ3n) is 5.33. The lowest BCUT2D eigenvalue weighted by Crippen LogP contribution is -2.41. The Morgan fingerprint density at radius 1 is 1.07 bits per heavy atom. The van der Waals surface area contributed by atoms with Crippen LogP contribution in [-0.2, 0) is 27.6 Å². The number of aryl methyl sites for hydroxylation is 3. The maximum Gasteiger partial charge on any atom is 0.240 e. The topological polar surface area (TPSA) is 58.6 Å². The molecule has 2 aromatic rings. The van der Waals surface area contributed by atoms with Crippen LogP contribution in [0.15, 0.2) is 51.1 Å².